The average molecular weight is 245 g/mol. The van der Waals surface area contributed by atoms with Crippen LogP contribution in [-0.4, -0.2) is 36.8 Å². The van der Waals surface area contributed by atoms with Crippen LogP contribution in [0.25, 0.3) is 0 Å². The lowest BCUT2D eigenvalue weighted by molar-refractivity contribution is 0.0616. The molecule has 1 rings (SSSR count). The van der Waals surface area contributed by atoms with Gasteiger partial charge in [-0.1, -0.05) is 20.8 Å². The standard InChI is InChI=1S/C13H27NOS/c1-13(2,3)16-10-12(14-4)9-11-5-7-15-8-6-11/h11-12,14H,5-10H2,1-4H3. The van der Waals surface area contributed by atoms with Crippen molar-refractivity contribution in [2.45, 2.75) is 50.8 Å². The summed E-state index contributed by atoms with van der Waals surface area (Å²) >= 11 is 2.06. The minimum absolute atomic E-state index is 0.380. The van der Waals surface area contributed by atoms with Crippen LogP contribution < -0.4 is 5.32 Å². The van der Waals surface area contributed by atoms with Crippen LogP contribution in [0.5, 0.6) is 0 Å². The number of rotatable bonds is 5. The normalized spacial score (nSPS) is 21.0. The van der Waals surface area contributed by atoms with Gasteiger partial charge in [-0.25, -0.2) is 0 Å². The molecule has 0 amide bonds. The number of hydrogen-bond acceptors (Lipinski definition) is 3. The first-order chi connectivity index (χ1) is 7.51. The molecular weight excluding hydrogens is 218 g/mol. The molecule has 2 nitrogen and oxygen atoms in total. The second-order valence-electron chi connectivity index (χ2n) is 5.70. The van der Waals surface area contributed by atoms with Gasteiger partial charge in [0.15, 0.2) is 0 Å². The Balaban J connectivity index is 2.25. The summed E-state index contributed by atoms with van der Waals surface area (Å²) in [7, 11) is 2.09. The fourth-order valence-corrected chi connectivity index (χ4v) is 3.01. The van der Waals surface area contributed by atoms with Gasteiger partial charge >= 0.3 is 0 Å². The highest BCUT2D eigenvalue weighted by Crippen LogP contribution is 2.27. The quantitative estimate of drug-likeness (QED) is 0.805. The molecule has 1 heterocycles. The lowest BCUT2D eigenvalue weighted by Crippen LogP contribution is -2.33. The first-order valence-electron chi connectivity index (χ1n) is 6.40. The van der Waals surface area contributed by atoms with Crippen LogP contribution in [0.15, 0.2) is 0 Å². The SMILES string of the molecule is CNC(CSC(C)(C)C)CC1CCOCC1. The fourth-order valence-electron chi connectivity index (χ4n) is 2.00. The number of thioether (sulfide) groups is 1. The van der Waals surface area contributed by atoms with Crippen molar-refractivity contribution in [1.29, 1.82) is 0 Å². The third-order valence-corrected chi connectivity index (χ3v) is 4.52. The topological polar surface area (TPSA) is 21.3 Å². The summed E-state index contributed by atoms with van der Waals surface area (Å²) in [4.78, 5) is 0. The molecule has 0 bridgehead atoms. The third kappa shape index (κ3) is 6.12. The van der Waals surface area contributed by atoms with Gasteiger partial charge in [0.05, 0.1) is 0 Å². The van der Waals surface area contributed by atoms with Gasteiger partial charge in [0.1, 0.15) is 0 Å². The van der Waals surface area contributed by atoms with Gasteiger partial charge in [0.25, 0.3) is 0 Å². The van der Waals surface area contributed by atoms with Crippen molar-refractivity contribution in [2.24, 2.45) is 5.92 Å². The number of nitrogens with one attached hydrogen (secondary N) is 1. The predicted octanol–water partition coefficient (Wildman–Crippen LogP) is 2.92. The Labute approximate surface area is 105 Å². The smallest absolute Gasteiger partial charge is 0.0468 e. The van der Waals surface area contributed by atoms with Crippen LogP contribution >= 0.6 is 11.8 Å². The lowest BCUT2D eigenvalue weighted by Gasteiger charge is -2.28. The zero-order valence-corrected chi connectivity index (χ0v) is 12.0. The van der Waals surface area contributed by atoms with Crippen LogP contribution in [0, 0.1) is 5.92 Å². The second-order valence-corrected chi connectivity index (χ2v) is 7.55. The molecule has 1 saturated heterocycles. The van der Waals surface area contributed by atoms with Crippen molar-refractivity contribution < 1.29 is 4.74 Å². The number of ether oxygens (including phenoxy) is 1. The van der Waals surface area contributed by atoms with Crippen LogP contribution in [0.4, 0.5) is 0 Å². The van der Waals surface area contributed by atoms with Crippen LogP contribution in [0.2, 0.25) is 0 Å². The van der Waals surface area contributed by atoms with Gasteiger partial charge in [-0.05, 0) is 32.2 Å². The van der Waals surface area contributed by atoms with E-state index in [1.807, 2.05) is 0 Å². The number of hydrogen-bond donors (Lipinski definition) is 1. The maximum absolute atomic E-state index is 5.40. The summed E-state index contributed by atoms with van der Waals surface area (Å²) in [6.45, 7) is 8.80. The Morgan fingerprint density at radius 3 is 2.44 bits per heavy atom. The third-order valence-electron chi connectivity index (χ3n) is 3.08. The van der Waals surface area contributed by atoms with E-state index in [1.165, 1.54) is 25.0 Å². The summed E-state index contributed by atoms with van der Waals surface area (Å²) in [5.74, 6) is 2.09. The van der Waals surface area contributed by atoms with E-state index >= 15 is 0 Å². The van der Waals surface area contributed by atoms with E-state index < -0.39 is 0 Å². The molecule has 1 aliphatic heterocycles. The Hall–Kier alpha value is 0.270. The molecule has 0 aromatic rings. The molecule has 0 saturated carbocycles. The molecule has 1 atom stereocenters. The summed E-state index contributed by atoms with van der Waals surface area (Å²) in [5.41, 5.74) is 0. The minimum atomic E-state index is 0.380. The monoisotopic (exact) mass is 245 g/mol. The van der Waals surface area contributed by atoms with E-state index in [2.05, 4.69) is 44.9 Å². The van der Waals surface area contributed by atoms with Crippen molar-refractivity contribution in [1.82, 2.24) is 5.32 Å². The molecule has 0 aliphatic carbocycles. The van der Waals surface area contributed by atoms with Gasteiger partial charge in [0, 0.05) is 29.8 Å². The molecule has 0 spiro atoms. The predicted molar refractivity (Wildman–Crippen MR) is 73.2 cm³/mol. The average Bonchev–Trinajstić information content (AvgIpc) is 2.24. The van der Waals surface area contributed by atoms with Gasteiger partial charge in [-0.2, -0.15) is 11.8 Å². The lowest BCUT2D eigenvalue weighted by atomic mass is 9.93. The van der Waals surface area contributed by atoms with Crippen LogP contribution in [0.3, 0.4) is 0 Å². The highest BCUT2D eigenvalue weighted by molar-refractivity contribution is 8.00. The van der Waals surface area contributed by atoms with Crippen LogP contribution in [-0.2, 0) is 4.74 Å². The molecule has 0 aromatic heterocycles. The van der Waals surface area contributed by atoms with E-state index in [-0.39, 0.29) is 0 Å². The molecule has 1 unspecified atom stereocenters. The van der Waals surface area contributed by atoms with E-state index in [1.54, 1.807) is 0 Å². The Morgan fingerprint density at radius 1 is 1.31 bits per heavy atom. The summed E-state index contributed by atoms with van der Waals surface area (Å²) in [6, 6.07) is 0.660. The van der Waals surface area contributed by atoms with E-state index in [9.17, 15) is 0 Å². The van der Waals surface area contributed by atoms with Gasteiger partial charge in [0.2, 0.25) is 0 Å². The van der Waals surface area contributed by atoms with Gasteiger partial charge in [-0.3, -0.25) is 0 Å². The van der Waals surface area contributed by atoms with E-state index in [0.29, 0.717) is 10.8 Å². The zero-order valence-electron chi connectivity index (χ0n) is 11.2. The minimum Gasteiger partial charge on any atom is -0.381 e. The summed E-state index contributed by atoms with van der Waals surface area (Å²) in [6.07, 6.45) is 3.81. The molecule has 1 N–H and O–H groups in total. The van der Waals surface area contributed by atoms with Crippen molar-refractivity contribution >= 4 is 11.8 Å². The van der Waals surface area contributed by atoms with E-state index in [4.69, 9.17) is 4.74 Å². The van der Waals surface area contributed by atoms with E-state index in [0.717, 1.165) is 19.1 Å². The fraction of sp³-hybridized carbons (Fsp3) is 1.00. The van der Waals surface area contributed by atoms with Gasteiger partial charge in [-0.15, -0.1) is 0 Å². The Kier molecular flexibility index (Phi) is 6.16. The molecule has 1 aliphatic rings. The first-order valence-corrected chi connectivity index (χ1v) is 7.39. The zero-order chi connectivity index (χ0) is 12.0. The maximum Gasteiger partial charge on any atom is 0.0468 e. The van der Waals surface area contributed by atoms with Crippen LogP contribution in [0.1, 0.15) is 40.0 Å². The summed E-state index contributed by atoms with van der Waals surface area (Å²) < 4.78 is 5.78. The summed E-state index contributed by atoms with van der Waals surface area (Å²) in [5, 5.41) is 3.46. The van der Waals surface area contributed by atoms with Crippen molar-refractivity contribution in [2.75, 3.05) is 26.0 Å². The molecule has 3 heteroatoms. The molecule has 16 heavy (non-hydrogen) atoms. The molecular formula is C13H27NOS. The largest absolute Gasteiger partial charge is 0.381 e. The highest BCUT2D eigenvalue weighted by atomic mass is 32.2. The maximum atomic E-state index is 5.40. The second kappa shape index (κ2) is 6.87. The van der Waals surface area contributed by atoms with Crippen molar-refractivity contribution in [3.05, 3.63) is 0 Å². The highest BCUT2D eigenvalue weighted by Gasteiger charge is 2.20. The Morgan fingerprint density at radius 2 is 1.94 bits per heavy atom. The van der Waals surface area contributed by atoms with Crippen molar-refractivity contribution in [3.8, 4) is 0 Å². The Bertz CT molecular complexity index is 185. The molecule has 96 valence electrons. The van der Waals surface area contributed by atoms with Crippen molar-refractivity contribution in [3.63, 3.8) is 0 Å². The molecule has 0 radical (unpaired) electrons. The first kappa shape index (κ1) is 14.3. The van der Waals surface area contributed by atoms with Gasteiger partial charge < -0.3 is 10.1 Å². The molecule has 1 fully saturated rings. The molecule has 0 aromatic carbocycles.